The van der Waals surface area contributed by atoms with Gasteiger partial charge in [-0.1, -0.05) is 24.0 Å². The average molecular weight is 441 g/mol. The van der Waals surface area contributed by atoms with Crippen LogP contribution < -0.4 is 15.4 Å². The number of amides is 3. The molecule has 3 amide bonds. The Hall–Kier alpha value is -4.25. The van der Waals surface area contributed by atoms with E-state index in [2.05, 4.69) is 32.4 Å². The van der Waals surface area contributed by atoms with Crippen LogP contribution in [0.5, 0.6) is 5.75 Å². The molecule has 33 heavy (non-hydrogen) atoms. The monoisotopic (exact) mass is 441 g/mol. The van der Waals surface area contributed by atoms with Gasteiger partial charge in [0.25, 0.3) is 5.91 Å². The second-order valence-electron chi connectivity index (χ2n) is 8.18. The number of nitrogens with one attached hydrogen (secondary N) is 2. The van der Waals surface area contributed by atoms with Crippen LogP contribution in [0, 0.1) is 18.8 Å². The fraction of sp³-hybridized carbons (Fsp3) is 0.240. The summed E-state index contributed by atoms with van der Waals surface area (Å²) < 4.78 is 7.27. The quantitative estimate of drug-likeness (QED) is 0.482. The minimum Gasteiger partial charge on any atom is -0.497 e. The molecule has 0 aliphatic carbocycles. The molecule has 1 fully saturated rings. The number of imide groups is 1. The summed E-state index contributed by atoms with van der Waals surface area (Å²) in [5.74, 6) is 6.46. The minimum absolute atomic E-state index is 0.209. The van der Waals surface area contributed by atoms with Gasteiger partial charge >= 0.3 is 6.03 Å². The summed E-state index contributed by atoms with van der Waals surface area (Å²) in [6.45, 7) is 4.69. The first-order chi connectivity index (χ1) is 15.9. The van der Waals surface area contributed by atoms with Gasteiger partial charge in [0.1, 0.15) is 11.4 Å². The van der Waals surface area contributed by atoms with E-state index in [1.807, 2.05) is 67.0 Å². The van der Waals surface area contributed by atoms with Crippen LogP contribution >= 0.6 is 0 Å². The average Bonchev–Trinajstić information content (AvgIpc) is 3.42. The van der Waals surface area contributed by atoms with Crippen LogP contribution in [0.15, 0.2) is 48.8 Å². The molecule has 4 heterocycles. The Kier molecular flexibility index (Phi) is 4.82. The number of hydrogen-bond acceptors (Lipinski definition) is 5. The van der Waals surface area contributed by atoms with Crippen LogP contribution in [0.1, 0.15) is 29.3 Å². The van der Waals surface area contributed by atoms with E-state index in [-0.39, 0.29) is 6.54 Å². The molecule has 0 bridgehead atoms. The summed E-state index contributed by atoms with van der Waals surface area (Å²) in [5, 5.41) is 5.11. The largest absolute Gasteiger partial charge is 0.497 e. The number of allylic oxidation sites excluding steroid dienone is 1. The number of ether oxygens (including phenoxy) is 1. The van der Waals surface area contributed by atoms with Crippen LogP contribution in [0.2, 0.25) is 0 Å². The number of imidazole rings is 1. The van der Waals surface area contributed by atoms with Crippen molar-refractivity contribution >= 4 is 23.3 Å². The molecule has 5 rings (SSSR count). The Bertz CT molecular complexity index is 1390. The SMILES string of the molecule is CC=C1c2cc(OC)ccc2CN1C[C@@]1(C#Cc2ccc3nc(C)cn3c2)NC(=O)NC1=O. The number of pyridine rings is 1. The van der Waals surface area contributed by atoms with Crippen molar-refractivity contribution in [2.75, 3.05) is 13.7 Å². The van der Waals surface area contributed by atoms with E-state index in [0.717, 1.165) is 33.9 Å². The Labute approximate surface area is 191 Å². The van der Waals surface area contributed by atoms with E-state index in [9.17, 15) is 9.59 Å². The Morgan fingerprint density at radius 1 is 1.24 bits per heavy atom. The standard InChI is InChI=1S/C25H23N5O3/c1-4-21-20-11-19(33-3)7-6-18(20)14-30(21)15-25(23(31)27-24(32)28-25)10-9-17-5-8-22-26-16(2)12-29(22)13-17/h4-8,11-13H,14-15H2,1-3H3,(H2,27,28,31,32)/t25-/m1/s1. The second-order valence-corrected chi connectivity index (χ2v) is 8.18. The molecular formula is C25H23N5O3. The van der Waals surface area contributed by atoms with Gasteiger partial charge in [-0.2, -0.15) is 0 Å². The lowest BCUT2D eigenvalue weighted by Gasteiger charge is -2.28. The van der Waals surface area contributed by atoms with Gasteiger partial charge in [0.05, 0.1) is 19.3 Å². The van der Waals surface area contributed by atoms with E-state index in [4.69, 9.17) is 4.74 Å². The topological polar surface area (TPSA) is 88.0 Å². The molecule has 8 heteroatoms. The molecule has 1 aromatic carbocycles. The zero-order valence-corrected chi connectivity index (χ0v) is 18.6. The molecule has 0 radical (unpaired) electrons. The highest BCUT2D eigenvalue weighted by molar-refractivity contribution is 6.09. The fourth-order valence-electron chi connectivity index (χ4n) is 4.39. The second kappa shape index (κ2) is 7.71. The van der Waals surface area contributed by atoms with Gasteiger partial charge in [-0.25, -0.2) is 9.78 Å². The number of urea groups is 1. The molecule has 1 saturated heterocycles. The summed E-state index contributed by atoms with van der Waals surface area (Å²) in [5.41, 5.74) is 4.20. The van der Waals surface area contributed by atoms with Crippen molar-refractivity contribution in [2.45, 2.75) is 25.9 Å². The number of aryl methyl sites for hydroxylation is 1. The summed E-state index contributed by atoms with van der Waals surface area (Å²) in [4.78, 5) is 31.5. The lowest BCUT2D eigenvalue weighted by Crippen LogP contribution is -2.53. The number of hydrogen-bond donors (Lipinski definition) is 2. The van der Waals surface area contributed by atoms with Crippen molar-refractivity contribution in [3.8, 4) is 17.6 Å². The first-order valence-corrected chi connectivity index (χ1v) is 10.6. The maximum absolute atomic E-state index is 12.9. The van der Waals surface area contributed by atoms with E-state index < -0.39 is 17.5 Å². The van der Waals surface area contributed by atoms with Gasteiger partial charge in [-0.05, 0) is 43.7 Å². The molecule has 0 saturated carbocycles. The van der Waals surface area contributed by atoms with E-state index in [0.29, 0.717) is 12.1 Å². The van der Waals surface area contributed by atoms with Crippen LogP contribution in [0.3, 0.4) is 0 Å². The predicted molar refractivity (Wildman–Crippen MR) is 123 cm³/mol. The van der Waals surface area contributed by atoms with Crippen molar-refractivity contribution in [3.05, 3.63) is 71.2 Å². The predicted octanol–water partition coefficient (Wildman–Crippen LogP) is 2.46. The number of aromatic nitrogens is 2. The Balaban J connectivity index is 1.49. The van der Waals surface area contributed by atoms with Crippen molar-refractivity contribution in [2.24, 2.45) is 0 Å². The third kappa shape index (κ3) is 3.57. The molecule has 2 aliphatic rings. The van der Waals surface area contributed by atoms with E-state index >= 15 is 0 Å². The number of methoxy groups -OCH3 is 1. The van der Waals surface area contributed by atoms with Gasteiger partial charge in [0.2, 0.25) is 5.54 Å². The number of nitrogens with zero attached hydrogens (tertiary/aromatic N) is 3. The molecule has 2 aromatic heterocycles. The van der Waals surface area contributed by atoms with E-state index in [1.54, 1.807) is 7.11 Å². The van der Waals surface area contributed by atoms with Crippen LogP contribution in [0.4, 0.5) is 4.79 Å². The first kappa shape index (κ1) is 20.6. The van der Waals surface area contributed by atoms with Crippen molar-refractivity contribution in [3.63, 3.8) is 0 Å². The zero-order valence-electron chi connectivity index (χ0n) is 18.6. The molecule has 166 valence electrons. The molecule has 1 atom stereocenters. The summed E-state index contributed by atoms with van der Waals surface area (Å²) in [6.07, 6.45) is 5.77. The minimum atomic E-state index is -1.38. The number of carbonyl (C=O) groups excluding carboxylic acids is 2. The van der Waals surface area contributed by atoms with E-state index in [1.165, 1.54) is 0 Å². The Morgan fingerprint density at radius 3 is 2.82 bits per heavy atom. The number of benzene rings is 1. The van der Waals surface area contributed by atoms with Crippen LogP contribution in [-0.2, 0) is 11.3 Å². The molecule has 2 N–H and O–H groups in total. The Morgan fingerprint density at radius 2 is 2.09 bits per heavy atom. The van der Waals surface area contributed by atoms with Crippen molar-refractivity contribution in [1.82, 2.24) is 24.9 Å². The molecule has 2 aliphatic heterocycles. The number of rotatable bonds is 3. The highest BCUT2D eigenvalue weighted by Gasteiger charge is 2.47. The van der Waals surface area contributed by atoms with Gasteiger partial charge in [0.15, 0.2) is 0 Å². The van der Waals surface area contributed by atoms with Gasteiger partial charge < -0.3 is 19.4 Å². The molecule has 0 spiro atoms. The highest BCUT2D eigenvalue weighted by atomic mass is 16.5. The van der Waals surface area contributed by atoms with Crippen molar-refractivity contribution in [1.29, 1.82) is 0 Å². The number of fused-ring (bicyclic) bond motifs is 2. The molecular weight excluding hydrogens is 418 g/mol. The maximum Gasteiger partial charge on any atom is 0.323 e. The molecule has 8 nitrogen and oxygen atoms in total. The number of carbonyl (C=O) groups is 2. The summed E-state index contributed by atoms with van der Waals surface area (Å²) in [7, 11) is 1.63. The fourth-order valence-corrected chi connectivity index (χ4v) is 4.39. The molecule has 3 aromatic rings. The van der Waals surface area contributed by atoms with Gasteiger partial charge in [0, 0.05) is 35.8 Å². The summed E-state index contributed by atoms with van der Waals surface area (Å²) in [6, 6.07) is 9.11. The van der Waals surface area contributed by atoms with Crippen LogP contribution in [0.25, 0.3) is 11.3 Å². The summed E-state index contributed by atoms with van der Waals surface area (Å²) >= 11 is 0. The lowest BCUT2D eigenvalue weighted by molar-refractivity contribution is -0.122. The van der Waals surface area contributed by atoms with Gasteiger partial charge in [-0.15, -0.1) is 0 Å². The van der Waals surface area contributed by atoms with Crippen molar-refractivity contribution < 1.29 is 14.3 Å². The third-order valence-electron chi connectivity index (χ3n) is 5.93. The highest BCUT2D eigenvalue weighted by Crippen LogP contribution is 2.36. The smallest absolute Gasteiger partial charge is 0.323 e. The molecule has 0 unspecified atom stereocenters. The lowest BCUT2D eigenvalue weighted by atomic mass is 9.99. The zero-order chi connectivity index (χ0) is 23.2. The van der Waals surface area contributed by atoms with Crippen LogP contribution in [-0.4, -0.2) is 45.4 Å². The normalized spacial score (nSPS) is 20.5. The first-order valence-electron chi connectivity index (χ1n) is 10.6. The maximum atomic E-state index is 12.9. The van der Waals surface area contributed by atoms with Gasteiger partial charge in [-0.3, -0.25) is 10.1 Å². The third-order valence-corrected chi connectivity index (χ3v) is 5.93.